The quantitative estimate of drug-likeness (QED) is 0.596. The zero-order chi connectivity index (χ0) is 22.3. The normalized spacial score (nSPS) is 15.4. The number of hydrogen-bond acceptors (Lipinski definition) is 5. The minimum absolute atomic E-state index is 0.0246. The zero-order valence-corrected chi connectivity index (χ0v) is 19.3. The van der Waals surface area contributed by atoms with Crippen molar-refractivity contribution in [2.75, 3.05) is 26.1 Å². The van der Waals surface area contributed by atoms with Crippen molar-refractivity contribution in [3.63, 3.8) is 0 Å². The monoisotopic (exact) mass is 454 g/mol. The van der Waals surface area contributed by atoms with Gasteiger partial charge in [0.15, 0.2) is 11.5 Å². The van der Waals surface area contributed by atoms with E-state index in [1.807, 2.05) is 42.5 Å². The molecule has 1 saturated carbocycles. The molecule has 2 aliphatic rings. The molecule has 32 heavy (non-hydrogen) atoms. The minimum atomic E-state index is -0.0756. The fourth-order valence-electron chi connectivity index (χ4n) is 4.20. The smallest absolute Gasteiger partial charge is 0.255 e. The highest BCUT2D eigenvalue weighted by molar-refractivity contribution is 8.00. The largest absolute Gasteiger partial charge is 0.454 e. The highest BCUT2D eigenvalue weighted by Gasteiger charge is 2.19. The average molecular weight is 455 g/mol. The SMILES string of the molecule is CN(Cc1ccc2c(c1)OCO2)C(=O)c1ccccc1SCC(=O)NCC1CCCCC1. The number of amides is 2. The first kappa shape index (κ1) is 22.5. The number of carbonyl (C=O) groups is 2. The zero-order valence-electron chi connectivity index (χ0n) is 18.5. The van der Waals surface area contributed by atoms with Crippen LogP contribution in [-0.4, -0.2) is 42.9 Å². The first-order valence-electron chi connectivity index (χ1n) is 11.2. The fourth-order valence-corrected chi connectivity index (χ4v) is 5.08. The van der Waals surface area contributed by atoms with Gasteiger partial charge in [-0.2, -0.15) is 0 Å². The van der Waals surface area contributed by atoms with Crippen LogP contribution in [0.2, 0.25) is 0 Å². The van der Waals surface area contributed by atoms with Gasteiger partial charge in [-0.05, 0) is 48.6 Å². The molecule has 2 amide bonds. The van der Waals surface area contributed by atoms with Crippen molar-refractivity contribution < 1.29 is 19.1 Å². The van der Waals surface area contributed by atoms with Gasteiger partial charge in [-0.3, -0.25) is 9.59 Å². The van der Waals surface area contributed by atoms with Crippen LogP contribution in [0.1, 0.15) is 48.0 Å². The second kappa shape index (κ2) is 10.8. The summed E-state index contributed by atoms with van der Waals surface area (Å²) in [6, 6.07) is 13.2. The number of fused-ring (bicyclic) bond motifs is 1. The number of carbonyl (C=O) groups excluding carboxylic acids is 2. The van der Waals surface area contributed by atoms with Gasteiger partial charge < -0.3 is 19.7 Å². The molecule has 0 spiro atoms. The molecule has 7 heteroatoms. The van der Waals surface area contributed by atoms with Crippen LogP contribution in [0.3, 0.4) is 0 Å². The Hall–Kier alpha value is -2.67. The van der Waals surface area contributed by atoms with Crippen molar-refractivity contribution in [2.45, 2.75) is 43.5 Å². The third-order valence-corrected chi connectivity index (χ3v) is 7.07. The van der Waals surface area contributed by atoms with Gasteiger partial charge in [0.25, 0.3) is 5.91 Å². The molecule has 0 saturated heterocycles. The van der Waals surface area contributed by atoms with Crippen LogP contribution in [0.25, 0.3) is 0 Å². The van der Waals surface area contributed by atoms with Gasteiger partial charge in [0.2, 0.25) is 12.7 Å². The Morgan fingerprint density at radius 1 is 1.06 bits per heavy atom. The van der Waals surface area contributed by atoms with Crippen LogP contribution in [-0.2, 0) is 11.3 Å². The third kappa shape index (κ3) is 5.76. The Morgan fingerprint density at radius 2 is 1.84 bits per heavy atom. The lowest BCUT2D eigenvalue weighted by atomic mass is 9.89. The van der Waals surface area contributed by atoms with E-state index in [1.54, 1.807) is 11.9 Å². The Bertz CT molecular complexity index is 959. The molecule has 0 unspecified atom stereocenters. The molecular weight excluding hydrogens is 424 g/mol. The molecule has 0 bridgehead atoms. The number of rotatable bonds is 8. The maximum Gasteiger partial charge on any atom is 0.255 e. The van der Waals surface area contributed by atoms with Crippen molar-refractivity contribution in [3.8, 4) is 11.5 Å². The van der Waals surface area contributed by atoms with Gasteiger partial charge in [0.1, 0.15) is 0 Å². The molecule has 170 valence electrons. The second-order valence-corrected chi connectivity index (χ2v) is 9.46. The molecule has 1 aliphatic carbocycles. The van der Waals surface area contributed by atoms with Gasteiger partial charge in [-0.1, -0.05) is 37.5 Å². The Morgan fingerprint density at radius 3 is 2.69 bits per heavy atom. The molecule has 0 atom stereocenters. The summed E-state index contributed by atoms with van der Waals surface area (Å²) in [6.07, 6.45) is 6.27. The van der Waals surface area contributed by atoms with E-state index in [0.29, 0.717) is 29.5 Å². The lowest BCUT2D eigenvalue weighted by Gasteiger charge is -2.21. The van der Waals surface area contributed by atoms with E-state index in [9.17, 15) is 9.59 Å². The van der Waals surface area contributed by atoms with Crippen molar-refractivity contribution in [1.29, 1.82) is 0 Å². The van der Waals surface area contributed by atoms with E-state index < -0.39 is 0 Å². The first-order chi connectivity index (χ1) is 15.6. The van der Waals surface area contributed by atoms with Crippen LogP contribution in [0.5, 0.6) is 11.5 Å². The number of nitrogens with one attached hydrogen (secondary N) is 1. The molecule has 1 N–H and O–H groups in total. The number of ether oxygens (including phenoxy) is 2. The van der Waals surface area contributed by atoms with Gasteiger partial charge in [0, 0.05) is 25.0 Å². The minimum Gasteiger partial charge on any atom is -0.454 e. The molecule has 6 nitrogen and oxygen atoms in total. The lowest BCUT2D eigenvalue weighted by molar-refractivity contribution is -0.118. The van der Waals surface area contributed by atoms with Crippen molar-refractivity contribution >= 4 is 23.6 Å². The number of nitrogens with zero attached hydrogens (tertiary/aromatic N) is 1. The molecule has 4 rings (SSSR count). The van der Waals surface area contributed by atoms with Gasteiger partial charge in [-0.25, -0.2) is 0 Å². The van der Waals surface area contributed by atoms with E-state index in [2.05, 4.69) is 5.32 Å². The topological polar surface area (TPSA) is 67.9 Å². The fraction of sp³-hybridized carbons (Fsp3) is 0.440. The summed E-state index contributed by atoms with van der Waals surface area (Å²) < 4.78 is 10.8. The van der Waals surface area contributed by atoms with E-state index in [1.165, 1.54) is 43.9 Å². The first-order valence-corrected chi connectivity index (χ1v) is 12.2. The van der Waals surface area contributed by atoms with Crippen LogP contribution >= 0.6 is 11.8 Å². The predicted octanol–water partition coefficient (Wildman–Crippen LogP) is 4.48. The van der Waals surface area contributed by atoms with Crippen molar-refractivity contribution in [3.05, 3.63) is 53.6 Å². The maximum atomic E-state index is 13.1. The maximum absolute atomic E-state index is 13.1. The molecular formula is C25H30N2O4S. The Kier molecular flexibility index (Phi) is 7.58. The van der Waals surface area contributed by atoms with Gasteiger partial charge in [0.05, 0.1) is 11.3 Å². The average Bonchev–Trinajstić information content (AvgIpc) is 3.29. The van der Waals surface area contributed by atoms with E-state index >= 15 is 0 Å². The second-order valence-electron chi connectivity index (χ2n) is 8.44. The molecule has 1 fully saturated rings. The van der Waals surface area contributed by atoms with E-state index in [0.717, 1.165) is 22.8 Å². The van der Waals surface area contributed by atoms with Gasteiger partial charge >= 0.3 is 0 Å². The van der Waals surface area contributed by atoms with Crippen LogP contribution in [0.4, 0.5) is 0 Å². The number of benzene rings is 2. The van der Waals surface area contributed by atoms with Crippen molar-refractivity contribution in [2.24, 2.45) is 5.92 Å². The van der Waals surface area contributed by atoms with Gasteiger partial charge in [-0.15, -0.1) is 11.8 Å². The Labute approximate surface area is 193 Å². The molecule has 2 aromatic carbocycles. The third-order valence-electron chi connectivity index (χ3n) is 5.99. The highest BCUT2D eigenvalue weighted by atomic mass is 32.2. The molecule has 2 aromatic rings. The highest BCUT2D eigenvalue weighted by Crippen LogP contribution is 2.33. The summed E-state index contributed by atoms with van der Waals surface area (Å²) in [5.41, 5.74) is 1.58. The summed E-state index contributed by atoms with van der Waals surface area (Å²) in [4.78, 5) is 28.0. The molecule has 1 aliphatic heterocycles. The molecule has 0 aromatic heterocycles. The summed E-state index contributed by atoms with van der Waals surface area (Å²) in [5.74, 6) is 2.30. The summed E-state index contributed by atoms with van der Waals surface area (Å²) in [5, 5.41) is 3.07. The Balaban J connectivity index is 1.32. The predicted molar refractivity (Wildman–Crippen MR) is 125 cm³/mol. The van der Waals surface area contributed by atoms with Crippen LogP contribution < -0.4 is 14.8 Å². The van der Waals surface area contributed by atoms with Crippen LogP contribution in [0, 0.1) is 5.92 Å². The number of hydrogen-bond donors (Lipinski definition) is 1. The van der Waals surface area contributed by atoms with E-state index in [4.69, 9.17) is 9.47 Å². The van der Waals surface area contributed by atoms with E-state index in [-0.39, 0.29) is 18.6 Å². The van der Waals surface area contributed by atoms with Crippen molar-refractivity contribution in [1.82, 2.24) is 10.2 Å². The summed E-state index contributed by atoms with van der Waals surface area (Å²) in [6.45, 7) is 1.45. The lowest BCUT2D eigenvalue weighted by Crippen LogP contribution is -2.31. The number of thioether (sulfide) groups is 1. The van der Waals surface area contributed by atoms with Crippen LogP contribution in [0.15, 0.2) is 47.4 Å². The summed E-state index contributed by atoms with van der Waals surface area (Å²) >= 11 is 1.41. The summed E-state index contributed by atoms with van der Waals surface area (Å²) in [7, 11) is 1.78. The molecule has 0 radical (unpaired) electrons. The molecule has 1 heterocycles. The standard InChI is InChI=1S/C25H30N2O4S/c1-27(15-19-11-12-21-22(13-19)31-17-30-21)25(29)20-9-5-6-10-23(20)32-16-24(28)26-14-18-7-3-2-4-8-18/h5-6,9-13,18H,2-4,7-8,14-17H2,1H3,(H,26,28).